The van der Waals surface area contributed by atoms with Crippen molar-refractivity contribution in [1.82, 2.24) is 0 Å². The van der Waals surface area contributed by atoms with E-state index in [2.05, 4.69) is 6.07 Å². The second kappa shape index (κ2) is 5.17. The molecule has 2 N–H and O–H groups in total. The van der Waals surface area contributed by atoms with E-state index in [0.717, 1.165) is 5.56 Å². The summed E-state index contributed by atoms with van der Waals surface area (Å²) in [4.78, 5) is 13.8. The van der Waals surface area contributed by atoms with E-state index in [0.29, 0.717) is 29.2 Å². The molecule has 1 aliphatic heterocycles. The summed E-state index contributed by atoms with van der Waals surface area (Å²) in [6.45, 7) is 0.392. The first kappa shape index (κ1) is 13.0. The van der Waals surface area contributed by atoms with E-state index in [1.807, 2.05) is 12.1 Å². The topological polar surface area (TPSA) is 79.3 Å². The lowest BCUT2D eigenvalue weighted by molar-refractivity contribution is -0.121. The largest absolute Gasteiger partial charge is 0.481 e. The van der Waals surface area contributed by atoms with Crippen LogP contribution in [0.4, 0.5) is 11.4 Å². The summed E-state index contributed by atoms with van der Waals surface area (Å²) in [6.07, 6.45) is 0. The lowest BCUT2D eigenvalue weighted by Gasteiger charge is -2.29. The lowest BCUT2D eigenvalue weighted by Crippen LogP contribution is -2.38. The minimum absolute atomic E-state index is 0.00556. The van der Waals surface area contributed by atoms with Crippen LogP contribution >= 0.6 is 0 Å². The number of amides is 1. The molecule has 3 rings (SSSR count). The van der Waals surface area contributed by atoms with Gasteiger partial charge in [0.05, 0.1) is 23.9 Å². The van der Waals surface area contributed by atoms with Crippen LogP contribution in [0.5, 0.6) is 5.75 Å². The Kier molecular flexibility index (Phi) is 3.20. The third-order valence-corrected chi connectivity index (χ3v) is 3.32. The Morgan fingerprint density at radius 2 is 2.14 bits per heavy atom. The number of nitrogens with zero attached hydrogens (tertiary/aromatic N) is 2. The zero-order chi connectivity index (χ0) is 14.8. The Hall–Kier alpha value is -3.00. The number of nitriles is 1. The molecule has 5 nitrogen and oxygen atoms in total. The van der Waals surface area contributed by atoms with Gasteiger partial charge in [-0.25, -0.2) is 0 Å². The number of rotatable bonds is 2. The minimum atomic E-state index is -0.116. The maximum Gasteiger partial charge on any atom is 0.265 e. The van der Waals surface area contributed by atoms with E-state index in [-0.39, 0.29) is 12.5 Å². The van der Waals surface area contributed by atoms with Crippen LogP contribution in [-0.4, -0.2) is 12.5 Å². The molecular formula is C16H13N3O2. The molecule has 1 aliphatic rings. The Bertz CT molecular complexity index is 749. The van der Waals surface area contributed by atoms with Crippen LogP contribution in [0.1, 0.15) is 11.1 Å². The molecule has 1 amide bonds. The Labute approximate surface area is 122 Å². The highest BCUT2D eigenvalue weighted by atomic mass is 16.5. The highest BCUT2D eigenvalue weighted by Crippen LogP contribution is 2.34. The van der Waals surface area contributed by atoms with E-state index in [4.69, 9.17) is 15.7 Å². The number of anilines is 2. The molecule has 2 aromatic rings. The van der Waals surface area contributed by atoms with Crippen LogP contribution in [0.2, 0.25) is 0 Å². The first-order chi connectivity index (χ1) is 10.2. The monoisotopic (exact) mass is 279 g/mol. The fraction of sp³-hybridized carbons (Fsp3) is 0.125. The fourth-order valence-corrected chi connectivity index (χ4v) is 2.32. The Balaban J connectivity index is 1.95. The first-order valence-corrected chi connectivity index (χ1v) is 6.49. The highest BCUT2D eigenvalue weighted by molar-refractivity contribution is 5.98. The molecule has 0 spiro atoms. The van der Waals surface area contributed by atoms with Gasteiger partial charge in [-0.3, -0.25) is 4.79 Å². The van der Waals surface area contributed by atoms with E-state index in [9.17, 15) is 4.79 Å². The lowest BCUT2D eigenvalue weighted by atomic mass is 10.1. The molecule has 0 saturated heterocycles. The zero-order valence-electron chi connectivity index (χ0n) is 11.2. The number of hydrogen-bond donors (Lipinski definition) is 1. The van der Waals surface area contributed by atoms with Gasteiger partial charge in [-0.05, 0) is 29.8 Å². The molecule has 2 aromatic carbocycles. The molecule has 0 saturated carbocycles. The van der Waals surface area contributed by atoms with Crippen molar-refractivity contribution in [2.75, 3.05) is 17.2 Å². The summed E-state index contributed by atoms with van der Waals surface area (Å²) in [5.74, 6) is 0.487. The maximum absolute atomic E-state index is 12.1. The van der Waals surface area contributed by atoms with Gasteiger partial charge in [-0.1, -0.05) is 12.1 Å². The van der Waals surface area contributed by atoms with Crippen molar-refractivity contribution in [3.05, 3.63) is 53.6 Å². The normalized spacial score (nSPS) is 13.3. The van der Waals surface area contributed by atoms with Crippen LogP contribution in [0.25, 0.3) is 0 Å². The molecule has 0 bridgehead atoms. The van der Waals surface area contributed by atoms with Crippen molar-refractivity contribution in [1.29, 1.82) is 5.26 Å². The van der Waals surface area contributed by atoms with Crippen molar-refractivity contribution in [3.63, 3.8) is 0 Å². The second-order valence-corrected chi connectivity index (χ2v) is 4.81. The predicted molar refractivity (Wildman–Crippen MR) is 78.7 cm³/mol. The first-order valence-electron chi connectivity index (χ1n) is 6.49. The third kappa shape index (κ3) is 2.51. The molecule has 0 atom stereocenters. The van der Waals surface area contributed by atoms with Crippen LogP contribution in [0.3, 0.4) is 0 Å². The number of carbonyl (C=O) groups excluding carboxylic acids is 1. The fourth-order valence-electron chi connectivity index (χ4n) is 2.32. The molecular weight excluding hydrogens is 266 g/mol. The quantitative estimate of drug-likeness (QED) is 0.853. The van der Waals surface area contributed by atoms with Gasteiger partial charge >= 0.3 is 0 Å². The van der Waals surface area contributed by atoms with Crippen molar-refractivity contribution < 1.29 is 9.53 Å². The van der Waals surface area contributed by atoms with E-state index < -0.39 is 0 Å². The van der Waals surface area contributed by atoms with E-state index in [1.165, 1.54) is 0 Å². The zero-order valence-corrected chi connectivity index (χ0v) is 11.2. The molecule has 0 aliphatic carbocycles. The number of ether oxygens (including phenoxy) is 1. The smallest absolute Gasteiger partial charge is 0.265 e. The van der Waals surface area contributed by atoms with Gasteiger partial charge in [0.25, 0.3) is 5.91 Å². The average Bonchev–Trinajstić information content (AvgIpc) is 2.50. The Morgan fingerprint density at radius 1 is 1.29 bits per heavy atom. The average molecular weight is 279 g/mol. The van der Waals surface area contributed by atoms with Crippen LogP contribution in [0, 0.1) is 11.3 Å². The molecule has 5 heteroatoms. The van der Waals surface area contributed by atoms with Crippen LogP contribution in [-0.2, 0) is 11.3 Å². The Morgan fingerprint density at radius 3 is 2.95 bits per heavy atom. The van der Waals surface area contributed by atoms with E-state index >= 15 is 0 Å². The van der Waals surface area contributed by atoms with Gasteiger partial charge in [-0.2, -0.15) is 5.26 Å². The van der Waals surface area contributed by atoms with Gasteiger partial charge in [0, 0.05) is 11.8 Å². The van der Waals surface area contributed by atoms with E-state index in [1.54, 1.807) is 35.2 Å². The van der Waals surface area contributed by atoms with Crippen LogP contribution in [0.15, 0.2) is 42.5 Å². The highest BCUT2D eigenvalue weighted by Gasteiger charge is 2.25. The van der Waals surface area contributed by atoms with Gasteiger partial charge in [0.2, 0.25) is 0 Å². The number of benzene rings is 2. The molecule has 0 radical (unpaired) electrons. The molecule has 1 heterocycles. The van der Waals surface area contributed by atoms with Gasteiger partial charge < -0.3 is 15.4 Å². The van der Waals surface area contributed by atoms with Gasteiger partial charge in [-0.15, -0.1) is 0 Å². The number of nitrogen functional groups attached to an aromatic ring is 1. The third-order valence-electron chi connectivity index (χ3n) is 3.32. The number of hydrogen-bond acceptors (Lipinski definition) is 4. The molecule has 0 aromatic heterocycles. The number of carbonyl (C=O) groups is 1. The summed E-state index contributed by atoms with van der Waals surface area (Å²) in [7, 11) is 0. The predicted octanol–water partition coefficient (Wildman–Crippen LogP) is 2.07. The molecule has 104 valence electrons. The summed E-state index contributed by atoms with van der Waals surface area (Å²) >= 11 is 0. The second-order valence-electron chi connectivity index (χ2n) is 4.81. The van der Waals surface area contributed by atoms with Crippen molar-refractivity contribution in [2.45, 2.75) is 6.54 Å². The maximum atomic E-state index is 12.1. The SMILES string of the molecule is N#Cc1cccc(CN2C(=O)COc3cc(N)ccc32)c1. The summed E-state index contributed by atoms with van der Waals surface area (Å²) in [5, 5.41) is 8.94. The van der Waals surface area contributed by atoms with Gasteiger partial charge in [0.15, 0.2) is 6.61 Å². The minimum Gasteiger partial charge on any atom is -0.481 e. The van der Waals surface area contributed by atoms with Crippen LogP contribution < -0.4 is 15.4 Å². The van der Waals surface area contributed by atoms with Crippen molar-refractivity contribution in [3.8, 4) is 11.8 Å². The summed E-state index contributed by atoms with van der Waals surface area (Å²) < 4.78 is 5.41. The standard InChI is InChI=1S/C16H13N3O2/c17-8-11-2-1-3-12(6-11)9-19-14-5-4-13(18)7-15(14)21-10-16(19)20/h1-7H,9-10,18H2. The molecule has 0 fully saturated rings. The molecule has 21 heavy (non-hydrogen) atoms. The van der Waals surface area contributed by atoms with Crippen molar-refractivity contribution >= 4 is 17.3 Å². The summed E-state index contributed by atoms with van der Waals surface area (Å²) in [5.41, 5.74) is 8.49. The number of nitrogens with two attached hydrogens (primary N) is 1. The summed E-state index contributed by atoms with van der Waals surface area (Å²) in [6, 6.07) is 14.5. The van der Waals surface area contributed by atoms with Crippen molar-refractivity contribution in [2.24, 2.45) is 0 Å². The number of fused-ring (bicyclic) bond motifs is 1. The molecule has 0 unspecified atom stereocenters. The van der Waals surface area contributed by atoms with Gasteiger partial charge in [0.1, 0.15) is 5.75 Å².